The summed E-state index contributed by atoms with van der Waals surface area (Å²) in [5.41, 5.74) is 2.46. The van der Waals surface area contributed by atoms with Crippen LogP contribution in [0.3, 0.4) is 0 Å². The predicted octanol–water partition coefficient (Wildman–Crippen LogP) is 2.06. The number of hydrogen-bond donors (Lipinski definition) is 1. The maximum atomic E-state index is 13.0. The van der Waals surface area contributed by atoms with E-state index >= 15 is 0 Å². The monoisotopic (exact) mass is 339 g/mol. The van der Waals surface area contributed by atoms with Crippen molar-refractivity contribution in [2.75, 3.05) is 12.1 Å². The first-order valence-corrected chi connectivity index (χ1v) is 8.22. The van der Waals surface area contributed by atoms with Crippen molar-refractivity contribution in [1.82, 2.24) is 20.2 Å². The van der Waals surface area contributed by atoms with Gasteiger partial charge in [-0.2, -0.15) is 4.68 Å². The molecule has 3 heterocycles. The Kier molecular flexibility index (Phi) is 2.78. The fourth-order valence-electron chi connectivity index (χ4n) is 3.86. The number of allylic oxidation sites excluding steroid dienone is 2. The van der Waals surface area contributed by atoms with Crippen molar-refractivity contribution in [2.45, 2.75) is 32.7 Å². The molecule has 1 N–H and O–H groups in total. The molecule has 0 bridgehead atoms. The van der Waals surface area contributed by atoms with Gasteiger partial charge in [-0.25, -0.2) is 0 Å². The molecule has 1 aromatic heterocycles. The van der Waals surface area contributed by atoms with Gasteiger partial charge < -0.3 is 14.8 Å². The predicted molar refractivity (Wildman–Crippen MR) is 87.2 cm³/mol. The molecular weight excluding hydrogens is 322 g/mol. The third-order valence-corrected chi connectivity index (χ3v) is 4.91. The number of nitrogens with zero attached hydrogens (tertiary/aromatic N) is 4. The van der Waals surface area contributed by atoms with Gasteiger partial charge in [0, 0.05) is 17.7 Å². The van der Waals surface area contributed by atoms with Gasteiger partial charge in [-0.1, -0.05) is 25.0 Å². The molecule has 0 spiro atoms. The molecule has 0 unspecified atom stereocenters. The highest BCUT2D eigenvalue weighted by atomic mass is 16.7. The summed E-state index contributed by atoms with van der Waals surface area (Å²) in [4.78, 5) is 13.0. The molecule has 0 saturated carbocycles. The van der Waals surface area contributed by atoms with Gasteiger partial charge in [0.2, 0.25) is 12.7 Å². The van der Waals surface area contributed by atoms with E-state index < -0.39 is 0 Å². The molecule has 0 radical (unpaired) electrons. The van der Waals surface area contributed by atoms with Gasteiger partial charge in [0.05, 0.1) is 0 Å². The van der Waals surface area contributed by atoms with Crippen LogP contribution in [0.25, 0.3) is 0 Å². The highest BCUT2D eigenvalue weighted by Gasteiger charge is 2.42. The lowest BCUT2D eigenvalue weighted by molar-refractivity contribution is -0.118. The van der Waals surface area contributed by atoms with E-state index in [1.807, 2.05) is 18.2 Å². The molecule has 128 valence electrons. The normalized spacial score (nSPS) is 23.1. The van der Waals surface area contributed by atoms with Crippen molar-refractivity contribution >= 4 is 11.7 Å². The number of fused-ring (bicyclic) bond motifs is 2. The molecule has 0 fully saturated rings. The summed E-state index contributed by atoms with van der Waals surface area (Å²) in [7, 11) is 0. The molecule has 25 heavy (non-hydrogen) atoms. The summed E-state index contributed by atoms with van der Waals surface area (Å²) >= 11 is 0. The lowest BCUT2D eigenvalue weighted by Crippen LogP contribution is -2.36. The molecule has 1 atom stereocenters. The SMILES string of the molecule is CC1(C)CC(=O)C2=C(C1)Nc1nnnn1[C@@H]2c1ccc2c(c1)OCO2. The largest absolute Gasteiger partial charge is 0.454 e. The fourth-order valence-corrected chi connectivity index (χ4v) is 3.86. The van der Waals surface area contributed by atoms with Crippen molar-refractivity contribution in [3.8, 4) is 11.5 Å². The second-order valence-corrected chi connectivity index (χ2v) is 7.42. The van der Waals surface area contributed by atoms with Crippen LogP contribution in [0.15, 0.2) is 29.5 Å². The zero-order chi connectivity index (χ0) is 17.2. The van der Waals surface area contributed by atoms with E-state index in [4.69, 9.17) is 9.47 Å². The number of Topliss-reactive ketones (excluding diaryl/α,β-unsaturated/α-hetero) is 1. The molecular formula is C17H17N5O3. The number of hydrogen-bond acceptors (Lipinski definition) is 7. The number of carbonyl (C=O) groups excluding carboxylic acids is 1. The lowest BCUT2D eigenvalue weighted by atomic mass is 9.73. The smallest absolute Gasteiger partial charge is 0.248 e. The van der Waals surface area contributed by atoms with Gasteiger partial charge in [0.1, 0.15) is 6.04 Å². The number of aromatic nitrogens is 4. The maximum absolute atomic E-state index is 13.0. The Morgan fingerprint density at radius 3 is 2.96 bits per heavy atom. The Morgan fingerprint density at radius 2 is 2.08 bits per heavy atom. The molecule has 1 aliphatic carbocycles. The number of anilines is 1. The van der Waals surface area contributed by atoms with Crippen LogP contribution in [0.1, 0.15) is 38.3 Å². The van der Waals surface area contributed by atoms with Gasteiger partial charge in [-0.05, 0) is 40.0 Å². The Labute approximate surface area is 143 Å². The van der Waals surface area contributed by atoms with E-state index in [0.29, 0.717) is 23.9 Å². The molecule has 0 saturated heterocycles. The highest BCUT2D eigenvalue weighted by molar-refractivity contribution is 6.00. The first-order chi connectivity index (χ1) is 12.0. The lowest BCUT2D eigenvalue weighted by Gasteiger charge is -2.37. The summed E-state index contributed by atoms with van der Waals surface area (Å²) < 4.78 is 12.5. The first kappa shape index (κ1) is 14.4. The van der Waals surface area contributed by atoms with E-state index in [0.717, 1.165) is 23.3 Å². The molecule has 1 aromatic carbocycles. The molecule has 0 amide bonds. The quantitative estimate of drug-likeness (QED) is 0.850. The average Bonchev–Trinajstić information content (AvgIpc) is 3.19. The van der Waals surface area contributed by atoms with Gasteiger partial charge in [-0.15, -0.1) is 0 Å². The van der Waals surface area contributed by atoms with E-state index in [9.17, 15) is 4.79 Å². The summed E-state index contributed by atoms with van der Waals surface area (Å²) in [6.07, 6.45) is 1.29. The van der Waals surface area contributed by atoms with Crippen molar-refractivity contribution in [2.24, 2.45) is 5.41 Å². The number of rotatable bonds is 1. The third kappa shape index (κ3) is 2.13. The van der Waals surface area contributed by atoms with E-state index in [2.05, 4.69) is 34.7 Å². The van der Waals surface area contributed by atoms with Crippen LogP contribution in [0.4, 0.5) is 5.95 Å². The summed E-state index contributed by atoms with van der Waals surface area (Å²) in [6.45, 7) is 4.41. The van der Waals surface area contributed by atoms with Crippen LogP contribution in [0.2, 0.25) is 0 Å². The van der Waals surface area contributed by atoms with Crippen molar-refractivity contribution in [3.05, 3.63) is 35.0 Å². The first-order valence-electron chi connectivity index (χ1n) is 8.22. The second kappa shape index (κ2) is 4.81. The van der Waals surface area contributed by atoms with Crippen LogP contribution in [0, 0.1) is 5.41 Å². The molecule has 2 aliphatic heterocycles. The Morgan fingerprint density at radius 1 is 1.24 bits per heavy atom. The Balaban J connectivity index is 1.68. The van der Waals surface area contributed by atoms with Crippen LogP contribution in [-0.2, 0) is 4.79 Å². The summed E-state index contributed by atoms with van der Waals surface area (Å²) in [5.74, 6) is 2.06. The van der Waals surface area contributed by atoms with Gasteiger partial charge >= 0.3 is 0 Å². The van der Waals surface area contributed by atoms with Gasteiger partial charge in [0.25, 0.3) is 0 Å². The number of benzene rings is 1. The van der Waals surface area contributed by atoms with E-state index in [1.165, 1.54) is 0 Å². The minimum absolute atomic E-state index is 0.0853. The molecule has 8 nitrogen and oxygen atoms in total. The van der Waals surface area contributed by atoms with Crippen molar-refractivity contribution < 1.29 is 14.3 Å². The third-order valence-electron chi connectivity index (χ3n) is 4.91. The number of ether oxygens (including phenoxy) is 2. The summed E-state index contributed by atoms with van der Waals surface area (Å²) in [6, 6.07) is 5.34. The maximum Gasteiger partial charge on any atom is 0.248 e. The number of tetrazole rings is 1. The second-order valence-electron chi connectivity index (χ2n) is 7.42. The zero-order valence-corrected chi connectivity index (χ0v) is 13.9. The van der Waals surface area contributed by atoms with Crippen LogP contribution in [-0.4, -0.2) is 32.8 Å². The molecule has 8 heteroatoms. The highest BCUT2D eigenvalue weighted by Crippen LogP contribution is 2.46. The molecule has 3 aliphatic rings. The topological polar surface area (TPSA) is 91.2 Å². The standard InChI is InChI=1S/C17H17N5O3/c1-17(2)6-10-14(11(23)7-17)15(22-16(18-10)19-20-21-22)9-3-4-12-13(5-9)25-8-24-12/h3-5,15H,6-8H2,1-2H3,(H,18,19,21)/t15-/m1/s1. The number of ketones is 1. The number of nitrogens with one attached hydrogen (secondary N) is 1. The molecule has 5 rings (SSSR count). The minimum atomic E-state index is -0.362. The zero-order valence-electron chi connectivity index (χ0n) is 13.9. The van der Waals surface area contributed by atoms with Gasteiger partial charge in [-0.3, -0.25) is 4.79 Å². The Hall–Kier alpha value is -2.90. The van der Waals surface area contributed by atoms with E-state index in [1.54, 1.807) is 4.68 Å². The van der Waals surface area contributed by atoms with Crippen LogP contribution in [0.5, 0.6) is 11.5 Å². The Bertz CT molecular complexity index is 930. The minimum Gasteiger partial charge on any atom is -0.454 e. The fraction of sp³-hybridized carbons (Fsp3) is 0.412. The average molecular weight is 339 g/mol. The molecule has 2 aromatic rings. The van der Waals surface area contributed by atoms with E-state index in [-0.39, 0.29) is 24.0 Å². The van der Waals surface area contributed by atoms with Crippen LogP contribution >= 0.6 is 0 Å². The van der Waals surface area contributed by atoms with Crippen LogP contribution < -0.4 is 14.8 Å². The number of carbonyl (C=O) groups is 1. The van der Waals surface area contributed by atoms with Crippen molar-refractivity contribution in [3.63, 3.8) is 0 Å². The van der Waals surface area contributed by atoms with Crippen molar-refractivity contribution in [1.29, 1.82) is 0 Å². The van der Waals surface area contributed by atoms with Gasteiger partial charge in [0.15, 0.2) is 17.3 Å². The summed E-state index contributed by atoms with van der Waals surface area (Å²) in [5, 5.41) is 15.2.